The van der Waals surface area contributed by atoms with E-state index < -0.39 is 0 Å². The Morgan fingerprint density at radius 2 is 0.486 bits per heavy atom. The highest BCUT2D eigenvalue weighted by Gasteiger charge is 2.22. The zero-order chi connectivity index (χ0) is 99.8. The number of carbonyl (C=O) groups excluding carboxylic acids is 5. The van der Waals surface area contributed by atoms with Gasteiger partial charge in [-0.3, -0.25) is 58.9 Å². The second kappa shape index (κ2) is 43.1. The average molecular weight is 1880 g/mol. The van der Waals surface area contributed by atoms with Crippen LogP contribution in [-0.4, -0.2) is 174 Å². The lowest BCUT2D eigenvalue weighted by Gasteiger charge is -2.15. The lowest BCUT2D eigenvalue weighted by atomic mass is 10.0. The number of aromatic nitrogens is 19. The molecule has 20 rings (SSSR count). The van der Waals surface area contributed by atoms with Crippen LogP contribution >= 0.6 is 0 Å². The number of hydrogen-bond donors (Lipinski definition) is 5. The number of ether oxygens (including phenoxy) is 2. The number of methoxy groups -OCH3 is 2. The number of aromatic amines is 5. The summed E-state index contributed by atoms with van der Waals surface area (Å²) in [4.78, 5) is 144. The number of carbonyl (C=O) groups is 5. The monoisotopic (exact) mass is 1880 g/mol. The van der Waals surface area contributed by atoms with Crippen LogP contribution in [0, 0.1) is 20.8 Å². The van der Waals surface area contributed by atoms with Crippen molar-refractivity contribution in [1.82, 2.24) is 94.7 Å². The minimum absolute atomic E-state index is 0.181. The Hall–Kier alpha value is -19.3. The van der Waals surface area contributed by atoms with Gasteiger partial charge in [0, 0.05) is 287 Å². The maximum absolute atomic E-state index is 11.9. The Morgan fingerprint density at radius 1 is 0.261 bits per heavy atom. The fraction of sp³-hybridized carbons (Fsp3) is 0.0901. The van der Waals surface area contributed by atoms with Gasteiger partial charge in [-0.1, -0.05) is 62.7 Å². The normalized spacial score (nSPS) is 10.7. The van der Waals surface area contributed by atoms with Gasteiger partial charge in [0.1, 0.15) is 28.2 Å². The summed E-state index contributed by atoms with van der Waals surface area (Å²) in [6.45, 7) is 23.7. The fourth-order valence-electron chi connectivity index (χ4n) is 15.8. The number of benzene rings is 1. The van der Waals surface area contributed by atoms with Crippen LogP contribution in [0.5, 0.6) is 11.8 Å². The van der Waals surface area contributed by atoms with Crippen molar-refractivity contribution < 1.29 is 33.4 Å². The van der Waals surface area contributed by atoms with Gasteiger partial charge in [-0.15, -0.1) is 0 Å². The molecular formula is C111H96N24O7. The molecule has 0 aliphatic carbocycles. The van der Waals surface area contributed by atoms with Gasteiger partial charge in [0.2, 0.25) is 41.3 Å². The molecule has 20 aromatic rings. The van der Waals surface area contributed by atoms with E-state index >= 15 is 0 Å². The van der Waals surface area contributed by atoms with Crippen molar-refractivity contribution in [2.45, 2.75) is 20.8 Å². The first-order valence-electron chi connectivity index (χ1n) is 44.5. The van der Waals surface area contributed by atoms with Crippen LogP contribution in [0.3, 0.4) is 0 Å². The quantitative estimate of drug-likeness (QED) is 0.0393. The van der Waals surface area contributed by atoms with Gasteiger partial charge in [0.25, 0.3) is 0 Å². The number of pyridine rings is 14. The van der Waals surface area contributed by atoms with E-state index in [1.807, 2.05) is 130 Å². The highest BCUT2D eigenvalue weighted by molar-refractivity contribution is 6.07. The molecule has 0 unspecified atom stereocenters. The number of nitrogens with zero attached hydrogens (tertiary/aromatic N) is 19. The van der Waals surface area contributed by atoms with Gasteiger partial charge in [0.05, 0.1) is 73.6 Å². The predicted molar refractivity (Wildman–Crippen MR) is 560 cm³/mol. The van der Waals surface area contributed by atoms with Gasteiger partial charge in [-0.05, 0) is 176 Å². The van der Waals surface area contributed by atoms with Crippen molar-refractivity contribution in [3.63, 3.8) is 0 Å². The summed E-state index contributed by atoms with van der Waals surface area (Å²) in [5.74, 6) is 0.150. The van der Waals surface area contributed by atoms with Crippen LogP contribution in [0.25, 0.3) is 166 Å². The Labute approximate surface area is 816 Å². The van der Waals surface area contributed by atoms with Crippen LogP contribution in [0.1, 0.15) is 17.0 Å². The van der Waals surface area contributed by atoms with Gasteiger partial charge < -0.3 is 58.9 Å². The summed E-state index contributed by atoms with van der Waals surface area (Å²) in [5, 5.41) is 5.02. The molecule has 0 fully saturated rings. The number of likely N-dealkylation sites (N-methyl/N-ethyl adjacent to an activating group) is 5. The SMILES string of the molecule is C=CC(=O)N(C)c1cncc(-c2cnc3[nH]cc(-c4cccc(C)c4)c3c2)c1.C=CC(=O)N(C)c1cncc(-c2cnc3[nH]cc(-c4ccnc(C)c4)c3c2)c1.C=CC(=O)N(C)c1cncc(-c2cnc3[nH]cc(-c4ccnc(C)c4)c3c2)c1.C=CC(=O)N(C)c1cncc(-c2cnc3[nH]cc(-c4ccnc(OC)c4)c3c2)c1.C=CC(=O)N(C)c1cncc(-c2cnc3[nH]cc(-c4ccnc(OC)c4)c3c2)c1. The Morgan fingerprint density at radius 3 is 0.711 bits per heavy atom. The highest BCUT2D eigenvalue weighted by atomic mass is 16.5. The molecule has 0 bridgehead atoms. The number of H-pyrrole nitrogens is 5. The Balaban J connectivity index is 0.000000128. The van der Waals surface area contributed by atoms with Gasteiger partial charge in [-0.2, -0.15) is 0 Å². The maximum atomic E-state index is 11.9. The van der Waals surface area contributed by atoms with E-state index in [1.165, 1.54) is 60.4 Å². The third-order valence-corrected chi connectivity index (χ3v) is 23.7. The number of anilines is 5. The molecule has 0 aliphatic heterocycles. The molecule has 5 amide bonds. The van der Waals surface area contributed by atoms with Crippen LogP contribution in [-0.2, 0) is 24.0 Å². The smallest absolute Gasteiger partial charge is 0.250 e. The first-order valence-corrected chi connectivity index (χ1v) is 44.5. The van der Waals surface area contributed by atoms with Crippen LogP contribution in [0.4, 0.5) is 28.4 Å². The highest BCUT2D eigenvalue weighted by Crippen LogP contribution is 2.40. The molecule has 0 radical (unpaired) electrons. The molecule has 0 atom stereocenters. The molecule has 0 saturated carbocycles. The molecule has 19 heterocycles. The second-order valence-electron chi connectivity index (χ2n) is 32.7. The van der Waals surface area contributed by atoms with Gasteiger partial charge >= 0.3 is 0 Å². The second-order valence-corrected chi connectivity index (χ2v) is 32.7. The molecule has 1 aromatic carbocycles. The lowest BCUT2D eigenvalue weighted by Crippen LogP contribution is -2.23. The number of nitrogens with one attached hydrogen (secondary N) is 5. The molecular weight excluding hydrogens is 1780 g/mol. The van der Waals surface area contributed by atoms with E-state index in [2.05, 4.69) is 189 Å². The summed E-state index contributed by atoms with van der Waals surface area (Å²) in [7, 11) is 11.7. The van der Waals surface area contributed by atoms with Crippen LogP contribution in [0.2, 0.25) is 0 Å². The van der Waals surface area contributed by atoms with Crippen molar-refractivity contribution >= 4 is 113 Å². The summed E-state index contributed by atoms with van der Waals surface area (Å²) >= 11 is 0. The van der Waals surface area contributed by atoms with Crippen molar-refractivity contribution in [2.24, 2.45) is 0 Å². The topological polar surface area (TPSA) is 379 Å². The molecule has 142 heavy (non-hydrogen) atoms. The zero-order valence-electron chi connectivity index (χ0n) is 79.3. The average Bonchev–Trinajstić information content (AvgIpc) is 1.65. The Bertz CT molecular complexity index is 7570. The Kier molecular flexibility index (Phi) is 29.1. The van der Waals surface area contributed by atoms with E-state index in [4.69, 9.17) is 9.47 Å². The summed E-state index contributed by atoms with van der Waals surface area (Å²) in [6, 6.07) is 44.0. The molecule has 31 nitrogen and oxygen atoms in total. The van der Waals surface area contributed by atoms with Crippen molar-refractivity contribution in [3.05, 3.63) is 362 Å². The third kappa shape index (κ3) is 21.3. The first kappa shape index (κ1) is 95.8. The van der Waals surface area contributed by atoms with Gasteiger partial charge in [-0.25, -0.2) is 34.9 Å². The molecule has 19 aromatic heterocycles. The van der Waals surface area contributed by atoms with Crippen molar-refractivity contribution in [2.75, 3.05) is 74.0 Å². The number of fused-ring (bicyclic) bond motifs is 5. The van der Waals surface area contributed by atoms with E-state index in [0.717, 1.165) is 178 Å². The first-order chi connectivity index (χ1) is 68.9. The molecule has 0 spiro atoms. The maximum Gasteiger partial charge on any atom is 0.250 e. The van der Waals surface area contributed by atoms with E-state index in [1.54, 1.807) is 161 Å². The van der Waals surface area contributed by atoms with Crippen molar-refractivity contribution in [1.29, 1.82) is 0 Å². The predicted octanol–water partition coefficient (Wildman–Crippen LogP) is 20.7. The van der Waals surface area contributed by atoms with E-state index in [0.29, 0.717) is 40.2 Å². The van der Waals surface area contributed by atoms with Gasteiger partial charge in [0.15, 0.2) is 0 Å². The lowest BCUT2D eigenvalue weighted by molar-refractivity contribution is -0.114. The minimum atomic E-state index is -0.197. The van der Waals surface area contributed by atoms with Crippen LogP contribution in [0.15, 0.2) is 345 Å². The molecule has 0 aliphatic rings. The fourth-order valence-corrected chi connectivity index (χ4v) is 15.8. The molecule has 702 valence electrons. The molecule has 31 heteroatoms. The van der Waals surface area contributed by atoms with E-state index in [9.17, 15) is 24.0 Å². The zero-order valence-corrected chi connectivity index (χ0v) is 79.3. The standard InChI is InChI=1S/C23H20N4O.2C22H19N5O2.2C22H19N5O/c1-4-22(28)27(3)19-9-17(11-24-13-19)18-10-20-21(14-26-23(20)25-12-18)16-7-5-6-15(2)8-16;2*1-4-21(28)27(2)17-7-15(10-23-12-17)16-8-18-19(13-26-22(18)25-11-16)14-5-6-24-20(9-14)29-3;2*1-4-21(28)27(3)18-8-16(10-23-12-18)17-9-19-20(13-26-22(19)25-11-17)15-5-6-24-14(2)7-15/h4-14H,1H2,2-3H3,(H,25,26);2*4-13H,1H2,2-3H3,(H,25,26);2*4-13H,1H2,2-3H3,(H,25,26). The summed E-state index contributed by atoms with van der Waals surface area (Å²) < 4.78 is 10.5. The number of rotatable bonds is 22. The molecule has 0 saturated heterocycles. The van der Waals surface area contributed by atoms with Crippen LogP contribution < -0.4 is 34.0 Å². The summed E-state index contributed by atoms with van der Waals surface area (Å²) in [5.41, 5.74) is 30.1. The van der Waals surface area contributed by atoms with Crippen molar-refractivity contribution in [3.8, 4) is 123 Å². The van der Waals surface area contributed by atoms with E-state index in [-0.39, 0.29) is 29.5 Å². The number of hydrogen-bond acceptors (Lipinski definition) is 21. The molecule has 5 N–H and O–H groups in total. The largest absolute Gasteiger partial charge is 0.481 e. The third-order valence-electron chi connectivity index (χ3n) is 23.7. The summed E-state index contributed by atoms with van der Waals surface area (Å²) in [6.07, 6.45) is 49.2. The number of amides is 5. The minimum Gasteiger partial charge on any atom is -0.481 e. The number of aryl methyl sites for hydroxylation is 3.